The van der Waals surface area contributed by atoms with E-state index in [0.717, 1.165) is 6.42 Å². The molecular weight excluding hydrogens is 414 g/mol. The Balaban J connectivity index is 1.93. The van der Waals surface area contributed by atoms with Crippen LogP contribution >= 0.6 is 11.6 Å². The van der Waals surface area contributed by atoms with Crippen LogP contribution in [0.2, 0.25) is 5.02 Å². The molecule has 3 N–H and O–H groups in total. The van der Waals surface area contributed by atoms with Crippen LogP contribution in [-0.4, -0.2) is 34.1 Å². The molecule has 0 aliphatic rings. The summed E-state index contributed by atoms with van der Waals surface area (Å²) in [5, 5.41) is 3.39. The van der Waals surface area contributed by atoms with Crippen LogP contribution in [0, 0.1) is 5.92 Å². The summed E-state index contributed by atoms with van der Waals surface area (Å²) in [5.41, 5.74) is 9.83. The molecule has 0 saturated carbocycles. The number of carbonyl (C=O) groups is 1. The Morgan fingerprint density at radius 2 is 1.90 bits per heavy atom. The number of rotatable bonds is 6. The van der Waals surface area contributed by atoms with Gasteiger partial charge in [0.25, 0.3) is 5.91 Å². The van der Waals surface area contributed by atoms with Crippen molar-refractivity contribution >= 4 is 45.5 Å². The Morgan fingerprint density at radius 1 is 1.19 bits per heavy atom. The van der Waals surface area contributed by atoms with Crippen molar-refractivity contribution in [3.05, 3.63) is 53.1 Å². The Kier molecular flexibility index (Phi) is 5.69. The first-order chi connectivity index (χ1) is 14.9. The fourth-order valence-corrected chi connectivity index (χ4v) is 3.76. The molecule has 4 rings (SSSR count). The SMILES string of the molecule is COc1ccc(-n2c(N)c(C(=O)NCCC(C)C)c3nc4ccccc4nc32)cc1Cl. The molecule has 4 aromatic rings. The van der Waals surface area contributed by atoms with E-state index in [9.17, 15) is 4.79 Å². The smallest absolute Gasteiger partial charge is 0.257 e. The van der Waals surface area contributed by atoms with E-state index in [-0.39, 0.29) is 11.7 Å². The molecule has 2 aromatic heterocycles. The van der Waals surface area contributed by atoms with Crippen LogP contribution < -0.4 is 15.8 Å². The third-order valence-corrected chi connectivity index (χ3v) is 5.42. The molecule has 7 nitrogen and oxygen atoms in total. The van der Waals surface area contributed by atoms with E-state index in [4.69, 9.17) is 32.0 Å². The molecule has 0 bridgehead atoms. The highest BCUT2D eigenvalue weighted by Gasteiger charge is 2.25. The highest BCUT2D eigenvalue weighted by Crippen LogP contribution is 2.34. The van der Waals surface area contributed by atoms with Crippen LogP contribution in [0.4, 0.5) is 5.82 Å². The molecule has 2 aromatic carbocycles. The first-order valence-electron chi connectivity index (χ1n) is 10.1. The van der Waals surface area contributed by atoms with Crippen LogP contribution in [0.1, 0.15) is 30.6 Å². The van der Waals surface area contributed by atoms with Crippen LogP contribution in [0.5, 0.6) is 5.75 Å². The van der Waals surface area contributed by atoms with Crippen LogP contribution in [0.15, 0.2) is 42.5 Å². The van der Waals surface area contributed by atoms with E-state index in [1.807, 2.05) is 30.3 Å². The number of methoxy groups -OCH3 is 1. The minimum atomic E-state index is -0.272. The Morgan fingerprint density at radius 3 is 2.55 bits per heavy atom. The Hall–Kier alpha value is -3.32. The molecule has 0 aliphatic heterocycles. The van der Waals surface area contributed by atoms with Gasteiger partial charge in [0, 0.05) is 6.54 Å². The largest absolute Gasteiger partial charge is 0.495 e. The summed E-state index contributed by atoms with van der Waals surface area (Å²) >= 11 is 6.35. The summed E-state index contributed by atoms with van der Waals surface area (Å²) in [5.74, 6) is 1.01. The fourth-order valence-electron chi connectivity index (χ4n) is 3.50. The molecule has 0 fully saturated rings. The van der Waals surface area contributed by atoms with E-state index in [0.29, 0.717) is 56.7 Å². The zero-order valence-corrected chi connectivity index (χ0v) is 18.4. The zero-order chi connectivity index (χ0) is 22.1. The molecule has 31 heavy (non-hydrogen) atoms. The van der Waals surface area contributed by atoms with E-state index < -0.39 is 0 Å². The van der Waals surface area contributed by atoms with Gasteiger partial charge in [-0.3, -0.25) is 9.36 Å². The predicted octanol–water partition coefficient (Wildman–Crippen LogP) is 4.59. The first kappa shape index (κ1) is 20.9. The zero-order valence-electron chi connectivity index (χ0n) is 17.6. The summed E-state index contributed by atoms with van der Waals surface area (Å²) in [7, 11) is 1.55. The number of hydrogen-bond donors (Lipinski definition) is 2. The van der Waals surface area contributed by atoms with Gasteiger partial charge in [0.05, 0.1) is 28.9 Å². The number of amides is 1. The molecule has 8 heteroatoms. The van der Waals surface area contributed by atoms with E-state index in [2.05, 4.69) is 19.2 Å². The minimum absolute atomic E-state index is 0.258. The van der Waals surface area contributed by atoms with Gasteiger partial charge in [-0.1, -0.05) is 37.6 Å². The number of anilines is 1. The maximum Gasteiger partial charge on any atom is 0.257 e. The summed E-state index contributed by atoms with van der Waals surface area (Å²) in [6.07, 6.45) is 0.868. The maximum absolute atomic E-state index is 13.1. The third kappa shape index (κ3) is 3.88. The van der Waals surface area contributed by atoms with Gasteiger partial charge in [-0.15, -0.1) is 0 Å². The first-order valence-corrected chi connectivity index (χ1v) is 10.5. The van der Waals surface area contributed by atoms with Crippen molar-refractivity contribution in [3.8, 4) is 11.4 Å². The molecule has 0 aliphatic carbocycles. The molecule has 0 spiro atoms. The van der Waals surface area contributed by atoms with Crippen molar-refractivity contribution in [1.29, 1.82) is 0 Å². The summed E-state index contributed by atoms with van der Waals surface area (Å²) in [6, 6.07) is 12.8. The predicted molar refractivity (Wildman–Crippen MR) is 124 cm³/mol. The van der Waals surface area contributed by atoms with Gasteiger partial charge in [-0.25, -0.2) is 9.97 Å². The second kappa shape index (κ2) is 8.43. The van der Waals surface area contributed by atoms with Crippen LogP contribution in [0.25, 0.3) is 27.9 Å². The molecule has 0 unspecified atom stereocenters. The van der Waals surface area contributed by atoms with Gasteiger partial charge >= 0.3 is 0 Å². The summed E-state index contributed by atoms with van der Waals surface area (Å²) in [4.78, 5) is 22.6. The lowest BCUT2D eigenvalue weighted by Crippen LogP contribution is -2.26. The highest BCUT2D eigenvalue weighted by atomic mass is 35.5. The molecule has 0 atom stereocenters. The molecule has 0 saturated heterocycles. The van der Waals surface area contributed by atoms with E-state index in [1.54, 1.807) is 23.8 Å². The number of carbonyl (C=O) groups excluding carboxylic acids is 1. The van der Waals surface area contributed by atoms with Crippen molar-refractivity contribution in [1.82, 2.24) is 19.9 Å². The average molecular weight is 438 g/mol. The fraction of sp³-hybridized carbons (Fsp3) is 0.261. The lowest BCUT2D eigenvalue weighted by molar-refractivity contribution is 0.0954. The number of nitrogen functional groups attached to an aromatic ring is 1. The van der Waals surface area contributed by atoms with Gasteiger partial charge in [-0.05, 0) is 42.7 Å². The maximum atomic E-state index is 13.1. The second-order valence-electron chi connectivity index (χ2n) is 7.74. The van der Waals surface area contributed by atoms with E-state index >= 15 is 0 Å². The number of ether oxygens (including phenoxy) is 1. The molecule has 0 radical (unpaired) electrons. The highest BCUT2D eigenvalue weighted by molar-refractivity contribution is 6.32. The van der Waals surface area contributed by atoms with Gasteiger partial charge in [0.1, 0.15) is 22.6 Å². The van der Waals surface area contributed by atoms with Crippen molar-refractivity contribution in [2.24, 2.45) is 5.92 Å². The van der Waals surface area contributed by atoms with Crippen LogP contribution in [0.3, 0.4) is 0 Å². The number of para-hydroxylation sites is 2. The normalized spacial score (nSPS) is 11.4. The number of benzene rings is 2. The van der Waals surface area contributed by atoms with Crippen molar-refractivity contribution in [2.75, 3.05) is 19.4 Å². The number of aromatic nitrogens is 3. The van der Waals surface area contributed by atoms with Crippen molar-refractivity contribution < 1.29 is 9.53 Å². The minimum Gasteiger partial charge on any atom is -0.495 e. The number of halogens is 1. The summed E-state index contributed by atoms with van der Waals surface area (Å²) in [6.45, 7) is 4.77. The van der Waals surface area contributed by atoms with Gasteiger partial charge in [0.15, 0.2) is 5.65 Å². The third-order valence-electron chi connectivity index (χ3n) is 5.13. The Bertz CT molecular complexity index is 1280. The van der Waals surface area contributed by atoms with Crippen molar-refractivity contribution in [2.45, 2.75) is 20.3 Å². The molecule has 2 heterocycles. The standard InChI is InChI=1S/C23H24ClN5O2/c1-13(2)10-11-26-23(30)19-20-22(28-17-7-5-4-6-16(17)27-20)29(21(19)25)14-8-9-18(31-3)15(24)12-14/h4-9,12-13H,10-11,25H2,1-3H3,(H,26,30). The number of nitrogens with zero attached hydrogens (tertiary/aromatic N) is 3. The van der Waals surface area contributed by atoms with E-state index in [1.165, 1.54) is 0 Å². The van der Waals surface area contributed by atoms with Crippen molar-refractivity contribution in [3.63, 3.8) is 0 Å². The van der Waals surface area contributed by atoms with Gasteiger partial charge < -0.3 is 15.8 Å². The summed E-state index contributed by atoms with van der Waals surface area (Å²) < 4.78 is 6.96. The molecular formula is C23H24ClN5O2. The average Bonchev–Trinajstić information content (AvgIpc) is 3.02. The lowest BCUT2D eigenvalue weighted by atomic mass is 10.1. The number of hydrogen-bond acceptors (Lipinski definition) is 5. The Labute approximate surface area is 185 Å². The topological polar surface area (TPSA) is 95.1 Å². The van der Waals surface area contributed by atoms with Crippen LogP contribution in [-0.2, 0) is 0 Å². The number of fused-ring (bicyclic) bond motifs is 2. The quantitative estimate of drug-likeness (QED) is 0.460. The second-order valence-corrected chi connectivity index (χ2v) is 8.14. The van der Waals surface area contributed by atoms with Gasteiger partial charge in [0.2, 0.25) is 0 Å². The molecule has 160 valence electrons. The monoisotopic (exact) mass is 437 g/mol. The number of nitrogens with two attached hydrogens (primary N) is 1. The lowest BCUT2D eigenvalue weighted by Gasteiger charge is -2.11. The number of nitrogens with one attached hydrogen (secondary N) is 1. The van der Waals surface area contributed by atoms with Gasteiger partial charge in [-0.2, -0.15) is 0 Å². The molecule has 1 amide bonds.